The van der Waals surface area contributed by atoms with Gasteiger partial charge < -0.3 is 4.74 Å². The average molecular weight is 235 g/mol. The number of nitrogens with one attached hydrogen (secondary N) is 1. The molecule has 1 N–H and O–H groups in total. The predicted octanol–water partition coefficient (Wildman–Crippen LogP) is 1.41. The lowest BCUT2D eigenvalue weighted by Crippen LogP contribution is -2.39. The normalized spacial score (nSPS) is 11.9. The van der Waals surface area contributed by atoms with Gasteiger partial charge in [-0.25, -0.2) is 0 Å². The van der Waals surface area contributed by atoms with E-state index in [1.165, 1.54) is 7.11 Å². The number of esters is 1. The van der Waals surface area contributed by atoms with Crippen molar-refractivity contribution in [1.29, 1.82) is 0 Å². The van der Waals surface area contributed by atoms with Crippen molar-refractivity contribution in [1.82, 2.24) is 5.32 Å². The monoisotopic (exact) mass is 235 g/mol. The highest BCUT2D eigenvalue weighted by Gasteiger charge is 2.17. The maximum absolute atomic E-state index is 11.8. The number of hydrogen-bond donors (Lipinski definition) is 1. The molecule has 0 amide bonds. The molecule has 0 saturated heterocycles. The SMILES string of the molecule is CCC(NCC(=O)c1ccccc1)C(=O)OC. The molecule has 0 aliphatic carbocycles. The molecule has 0 fully saturated rings. The van der Waals surface area contributed by atoms with E-state index in [4.69, 9.17) is 0 Å². The first kappa shape index (κ1) is 13.4. The van der Waals surface area contributed by atoms with Crippen LogP contribution in [0.4, 0.5) is 0 Å². The van der Waals surface area contributed by atoms with Crippen molar-refractivity contribution < 1.29 is 14.3 Å². The van der Waals surface area contributed by atoms with Crippen molar-refractivity contribution in [3.8, 4) is 0 Å². The van der Waals surface area contributed by atoms with Crippen LogP contribution in [0.1, 0.15) is 23.7 Å². The van der Waals surface area contributed by atoms with Crippen molar-refractivity contribution in [2.24, 2.45) is 0 Å². The third kappa shape index (κ3) is 4.00. The van der Waals surface area contributed by atoms with Gasteiger partial charge in [0.2, 0.25) is 0 Å². The number of ketones is 1. The molecule has 17 heavy (non-hydrogen) atoms. The minimum Gasteiger partial charge on any atom is -0.468 e. The van der Waals surface area contributed by atoms with Crippen LogP contribution in [0, 0.1) is 0 Å². The highest BCUT2D eigenvalue weighted by Crippen LogP contribution is 2.00. The summed E-state index contributed by atoms with van der Waals surface area (Å²) >= 11 is 0. The second kappa shape index (κ2) is 6.81. The first-order valence-corrected chi connectivity index (χ1v) is 5.58. The van der Waals surface area contributed by atoms with Gasteiger partial charge in [0.25, 0.3) is 0 Å². The van der Waals surface area contributed by atoms with Crippen molar-refractivity contribution in [3.63, 3.8) is 0 Å². The maximum atomic E-state index is 11.8. The van der Waals surface area contributed by atoms with Crippen molar-refractivity contribution in [2.75, 3.05) is 13.7 Å². The number of carbonyl (C=O) groups is 2. The molecule has 1 aromatic rings. The number of benzene rings is 1. The minimum atomic E-state index is -0.423. The van der Waals surface area contributed by atoms with E-state index in [-0.39, 0.29) is 18.3 Å². The van der Waals surface area contributed by atoms with Crippen molar-refractivity contribution in [3.05, 3.63) is 35.9 Å². The Bertz CT molecular complexity index is 376. The fourth-order valence-electron chi connectivity index (χ4n) is 1.48. The van der Waals surface area contributed by atoms with E-state index in [1.54, 1.807) is 12.1 Å². The van der Waals surface area contributed by atoms with Crippen LogP contribution in [-0.2, 0) is 9.53 Å². The van der Waals surface area contributed by atoms with Crippen LogP contribution in [0.5, 0.6) is 0 Å². The molecule has 0 bridgehead atoms. The quantitative estimate of drug-likeness (QED) is 0.598. The molecular weight excluding hydrogens is 218 g/mol. The van der Waals surface area contributed by atoms with Gasteiger partial charge in [0.15, 0.2) is 5.78 Å². The van der Waals surface area contributed by atoms with Gasteiger partial charge in [-0.3, -0.25) is 14.9 Å². The van der Waals surface area contributed by atoms with Crippen LogP contribution >= 0.6 is 0 Å². The largest absolute Gasteiger partial charge is 0.468 e. The smallest absolute Gasteiger partial charge is 0.322 e. The Morgan fingerprint density at radius 2 is 1.94 bits per heavy atom. The summed E-state index contributed by atoms with van der Waals surface area (Å²) in [5.41, 5.74) is 0.639. The summed E-state index contributed by atoms with van der Waals surface area (Å²) in [5, 5.41) is 2.89. The second-order valence-corrected chi connectivity index (χ2v) is 3.65. The number of methoxy groups -OCH3 is 1. The van der Waals surface area contributed by atoms with E-state index in [0.717, 1.165) is 0 Å². The highest BCUT2D eigenvalue weighted by atomic mass is 16.5. The number of ether oxygens (including phenoxy) is 1. The van der Waals surface area contributed by atoms with Gasteiger partial charge in [-0.1, -0.05) is 37.3 Å². The molecule has 0 aromatic heterocycles. The molecule has 0 spiro atoms. The summed E-state index contributed by atoms with van der Waals surface area (Å²) in [6, 6.07) is 8.56. The fourth-order valence-corrected chi connectivity index (χ4v) is 1.48. The summed E-state index contributed by atoms with van der Waals surface area (Å²) in [6.45, 7) is 2.00. The third-order valence-corrected chi connectivity index (χ3v) is 2.50. The van der Waals surface area contributed by atoms with Gasteiger partial charge in [0.1, 0.15) is 6.04 Å². The van der Waals surface area contributed by atoms with Crippen LogP contribution in [0.25, 0.3) is 0 Å². The topological polar surface area (TPSA) is 55.4 Å². The Hall–Kier alpha value is -1.68. The number of Topliss-reactive ketones (excluding diaryl/α,β-unsaturated/α-hetero) is 1. The van der Waals surface area contributed by atoms with Crippen LogP contribution in [0.3, 0.4) is 0 Å². The molecule has 0 heterocycles. The standard InChI is InChI=1S/C13H17NO3/c1-3-11(13(16)17-2)14-9-12(15)10-7-5-4-6-8-10/h4-8,11,14H,3,9H2,1-2H3. The lowest BCUT2D eigenvalue weighted by atomic mass is 10.1. The number of rotatable bonds is 6. The molecule has 4 nitrogen and oxygen atoms in total. The van der Waals surface area contributed by atoms with Gasteiger partial charge >= 0.3 is 5.97 Å². The molecule has 1 rings (SSSR count). The van der Waals surface area contributed by atoms with Crippen LogP contribution in [0.15, 0.2) is 30.3 Å². The summed E-state index contributed by atoms with van der Waals surface area (Å²) in [4.78, 5) is 23.1. The molecular formula is C13H17NO3. The molecule has 1 aromatic carbocycles. The zero-order valence-electron chi connectivity index (χ0n) is 10.1. The minimum absolute atomic E-state index is 0.0343. The first-order valence-electron chi connectivity index (χ1n) is 5.58. The highest BCUT2D eigenvalue weighted by molar-refractivity contribution is 5.97. The van der Waals surface area contributed by atoms with E-state index in [2.05, 4.69) is 10.1 Å². The molecule has 92 valence electrons. The van der Waals surface area contributed by atoms with E-state index >= 15 is 0 Å². The Labute approximate surface area is 101 Å². The first-order chi connectivity index (χ1) is 8.19. The van der Waals surface area contributed by atoms with Crippen LogP contribution in [-0.4, -0.2) is 31.4 Å². The van der Waals surface area contributed by atoms with Crippen molar-refractivity contribution in [2.45, 2.75) is 19.4 Å². The zero-order valence-corrected chi connectivity index (χ0v) is 10.1. The summed E-state index contributed by atoms with van der Waals surface area (Å²) < 4.78 is 4.63. The average Bonchev–Trinajstić information content (AvgIpc) is 2.39. The van der Waals surface area contributed by atoms with E-state index in [0.29, 0.717) is 12.0 Å². The van der Waals surface area contributed by atoms with Gasteiger partial charge in [0.05, 0.1) is 13.7 Å². The van der Waals surface area contributed by atoms with Gasteiger partial charge in [-0.2, -0.15) is 0 Å². The summed E-state index contributed by atoms with van der Waals surface area (Å²) in [5.74, 6) is -0.374. The molecule has 1 atom stereocenters. The lowest BCUT2D eigenvalue weighted by Gasteiger charge is -2.13. The summed E-state index contributed by atoms with van der Waals surface area (Å²) in [7, 11) is 1.34. The Kier molecular flexibility index (Phi) is 5.36. The van der Waals surface area contributed by atoms with E-state index in [1.807, 2.05) is 25.1 Å². The second-order valence-electron chi connectivity index (χ2n) is 3.65. The number of carbonyl (C=O) groups excluding carboxylic acids is 2. The fraction of sp³-hybridized carbons (Fsp3) is 0.385. The van der Waals surface area contributed by atoms with Crippen LogP contribution in [0.2, 0.25) is 0 Å². The molecule has 0 aliphatic heterocycles. The van der Waals surface area contributed by atoms with Gasteiger partial charge in [-0.15, -0.1) is 0 Å². The van der Waals surface area contributed by atoms with E-state index in [9.17, 15) is 9.59 Å². The molecule has 4 heteroatoms. The lowest BCUT2D eigenvalue weighted by molar-refractivity contribution is -0.143. The zero-order chi connectivity index (χ0) is 12.7. The maximum Gasteiger partial charge on any atom is 0.322 e. The molecule has 0 radical (unpaired) electrons. The van der Waals surface area contributed by atoms with E-state index < -0.39 is 6.04 Å². The third-order valence-electron chi connectivity index (χ3n) is 2.50. The predicted molar refractivity (Wildman–Crippen MR) is 64.9 cm³/mol. The Morgan fingerprint density at radius 1 is 1.29 bits per heavy atom. The number of hydrogen-bond acceptors (Lipinski definition) is 4. The van der Waals surface area contributed by atoms with Gasteiger partial charge in [-0.05, 0) is 6.42 Å². The Morgan fingerprint density at radius 3 is 2.47 bits per heavy atom. The Balaban J connectivity index is 2.50. The van der Waals surface area contributed by atoms with Gasteiger partial charge in [0, 0.05) is 5.56 Å². The van der Waals surface area contributed by atoms with Crippen LogP contribution < -0.4 is 5.32 Å². The molecule has 1 unspecified atom stereocenters. The summed E-state index contributed by atoms with van der Waals surface area (Å²) in [6.07, 6.45) is 0.592. The molecule has 0 aliphatic rings. The van der Waals surface area contributed by atoms with Crippen molar-refractivity contribution >= 4 is 11.8 Å². The molecule has 0 saturated carbocycles.